The van der Waals surface area contributed by atoms with Crippen LogP contribution in [0.1, 0.15) is 44.9 Å². The molecule has 0 bridgehead atoms. The molecule has 0 amide bonds. The van der Waals surface area contributed by atoms with Gasteiger partial charge in [-0.2, -0.15) is 0 Å². The minimum atomic E-state index is -0.713. The third-order valence-electron chi connectivity index (χ3n) is 4.89. The van der Waals surface area contributed by atoms with E-state index in [0.717, 1.165) is 25.5 Å². The molecule has 4 N–H and O–H groups in total. The molecule has 146 valence electrons. The van der Waals surface area contributed by atoms with E-state index in [2.05, 4.69) is 51.8 Å². The third kappa shape index (κ3) is 5.87. The van der Waals surface area contributed by atoms with Crippen LogP contribution in [0.15, 0.2) is 29.3 Å². The van der Waals surface area contributed by atoms with Crippen LogP contribution in [-0.2, 0) is 6.42 Å². The fraction of sp³-hybridized carbons (Fsp3) is 0.550. The van der Waals surface area contributed by atoms with Crippen LogP contribution in [-0.4, -0.2) is 41.3 Å². The molecule has 0 spiro atoms. The lowest BCUT2D eigenvalue weighted by atomic mass is 9.98. The molecular weight excluding hydrogens is 439 g/mol. The van der Waals surface area contributed by atoms with E-state index in [1.54, 1.807) is 0 Å². The SMILES string of the molecule is CCNC(=NCC(O)(CC)CC)NCCc1c(C)[nH]c2ccccc12.I. The van der Waals surface area contributed by atoms with Crippen LogP contribution in [0.3, 0.4) is 0 Å². The molecule has 0 radical (unpaired) electrons. The normalized spacial score (nSPS) is 12.1. The molecule has 1 aromatic carbocycles. The van der Waals surface area contributed by atoms with Crippen LogP contribution in [0.5, 0.6) is 0 Å². The number of aliphatic imine (C=N–C) groups is 1. The molecule has 6 heteroatoms. The number of aliphatic hydroxyl groups is 1. The summed E-state index contributed by atoms with van der Waals surface area (Å²) >= 11 is 0. The number of aromatic amines is 1. The predicted octanol–water partition coefficient (Wildman–Crippen LogP) is 3.74. The molecule has 0 aliphatic rings. The summed E-state index contributed by atoms with van der Waals surface area (Å²) in [5, 5.41) is 18.3. The number of nitrogens with zero attached hydrogens (tertiary/aromatic N) is 1. The highest BCUT2D eigenvalue weighted by atomic mass is 127. The van der Waals surface area contributed by atoms with Crippen LogP contribution >= 0.6 is 24.0 Å². The Hall–Kier alpha value is -1.28. The van der Waals surface area contributed by atoms with Crippen LogP contribution in [0.25, 0.3) is 10.9 Å². The molecule has 26 heavy (non-hydrogen) atoms. The van der Waals surface area contributed by atoms with Crippen LogP contribution in [0, 0.1) is 6.92 Å². The summed E-state index contributed by atoms with van der Waals surface area (Å²) in [4.78, 5) is 8.01. The minimum Gasteiger partial charge on any atom is -0.388 e. The number of rotatable bonds is 8. The second-order valence-electron chi connectivity index (χ2n) is 6.58. The zero-order chi connectivity index (χ0) is 18.3. The van der Waals surface area contributed by atoms with E-state index in [0.29, 0.717) is 19.4 Å². The maximum atomic E-state index is 10.4. The highest BCUT2D eigenvalue weighted by Gasteiger charge is 2.21. The fourth-order valence-corrected chi connectivity index (χ4v) is 3.00. The Morgan fingerprint density at radius 3 is 2.50 bits per heavy atom. The number of para-hydroxylation sites is 1. The van der Waals surface area contributed by atoms with Crippen molar-refractivity contribution in [3.63, 3.8) is 0 Å². The van der Waals surface area contributed by atoms with E-state index < -0.39 is 5.60 Å². The van der Waals surface area contributed by atoms with Crippen molar-refractivity contribution in [3.8, 4) is 0 Å². The first kappa shape index (κ1) is 22.8. The van der Waals surface area contributed by atoms with Crippen molar-refractivity contribution >= 4 is 40.8 Å². The zero-order valence-corrected chi connectivity index (χ0v) is 18.7. The number of hydrogen-bond acceptors (Lipinski definition) is 2. The van der Waals surface area contributed by atoms with Gasteiger partial charge in [0, 0.05) is 29.7 Å². The summed E-state index contributed by atoms with van der Waals surface area (Å²) in [6.45, 7) is 10.2. The zero-order valence-electron chi connectivity index (χ0n) is 16.4. The summed E-state index contributed by atoms with van der Waals surface area (Å²) in [6, 6.07) is 8.41. The number of hydrogen-bond donors (Lipinski definition) is 4. The molecule has 2 rings (SSSR count). The smallest absolute Gasteiger partial charge is 0.191 e. The van der Waals surface area contributed by atoms with Crippen LogP contribution in [0.4, 0.5) is 0 Å². The molecule has 0 fully saturated rings. The van der Waals surface area contributed by atoms with Crippen molar-refractivity contribution in [2.45, 2.75) is 52.6 Å². The Balaban J connectivity index is 0.00000338. The fourth-order valence-electron chi connectivity index (χ4n) is 3.00. The quantitative estimate of drug-likeness (QED) is 0.269. The van der Waals surface area contributed by atoms with Gasteiger partial charge >= 0.3 is 0 Å². The number of H-pyrrole nitrogens is 1. The monoisotopic (exact) mass is 472 g/mol. The molecule has 0 saturated carbocycles. The van der Waals surface area contributed by atoms with Crippen molar-refractivity contribution < 1.29 is 5.11 Å². The number of aromatic nitrogens is 1. The third-order valence-corrected chi connectivity index (χ3v) is 4.89. The van der Waals surface area contributed by atoms with Crippen LogP contribution < -0.4 is 10.6 Å². The largest absolute Gasteiger partial charge is 0.388 e. The highest BCUT2D eigenvalue weighted by Crippen LogP contribution is 2.21. The Kier molecular flexibility index (Phi) is 9.43. The van der Waals surface area contributed by atoms with Crippen molar-refractivity contribution in [3.05, 3.63) is 35.5 Å². The average Bonchev–Trinajstić information content (AvgIpc) is 2.95. The van der Waals surface area contributed by atoms with E-state index in [4.69, 9.17) is 0 Å². The van der Waals surface area contributed by atoms with Gasteiger partial charge in [0.1, 0.15) is 0 Å². The molecule has 5 nitrogen and oxygen atoms in total. The summed E-state index contributed by atoms with van der Waals surface area (Å²) < 4.78 is 0. The van der Waals surface area contributed by atoms with Gasteiger partial charge in [-0.25, -0.2) is 0 Å². The Labute approximate surface area is 174 Å². The van der Waals surface area contributed by atoms with E-state index >= 15 is 0 Å². The van der Waals surface area contributed by atoms with Gasteiger partial charge < -0.3 is 20.7 Å². The Morgan fingerprint density at radius 1 is 1.15 bits per heavy atom. The molecule has 0 atom stereocenters. The van der Waals surface area contributed by atoms with E-state index in [1.807, 2.05) is 20.8 Å². The second-order valence-corrected chi connectivity index (χ2v) is 6.58. The molecule has 0 aliphatic heterocycles. The molecule has 0 aliphatic carbocycles. The summed E-state index contributed by atoms with van der Waals surface area (Å²) in [7, 11) is 0. The number of benzene rings is 1. The number of aryl methyl sites for hydroxylation is 1. The van der Waals surface area contributed by atoms with E-state index in [9.17, 15) is 5.11 Å². The number of nitrogens with one attached hydrogen (secondary N) is 3. The molecular formula is C20H33IN4O. The molecule has 0 unspecified atom stereocenters. The summed E-state index contributed by atoms with van der Waals surface area (Å²) in [5.41, 5.74) is 3.04. The number of guanidine groups is 1. The average molecular weight is 472 g/mol. The minimum absolute atomic E-state index is 0. The van der Waals surface area contributed by atoms with Crippen molar-refractivity contribution in [2.75, 3.05) is 19.6 Å². The first-order chi connectivity index (χ1) is 12.0. The van der Waals surface area contributed by atoms with Gasteiger partial charge in [-0.1, -0.05) is 32.0 Å². The summed E-state index contributed by atoms with van der Waals surface area (Å²) in [5.74, 6) is 0.764. The lowest BCUT2D eigenvalue weighted by molar-refractivity contribution is 0.0418. The molecule has 2 aromatic rings. The van der Waals surface area contributed by atoms with E-state index in [-0.39, 0.29) is 24.0 Å². The highest BCUT2D eigenvalue weighted by molar-refractivity contribution is 14.0. The molecule has 1 aromatic heterocycles. The summed E-state index contributed by atoms with van der Waals surface area (Å²) in [6.07, 6.45) is 2.34. The van der Waals surface area contributed by atoms with Gasteiger partial charge in [-0.05, 0) is 44.7 Å². The lowest BCUT2D eigenvalue weighted by Gasteiger charge is -2.23. The lowest BCUT2D eigenvalue weighted by Crippen LogP contribution is -2.40. The number of halogens is 1. The van der Waals surface area contributed by atoms with Gasteiger partial charge in [-0.15, -0.1) is 24.0 Å². The first-order valence-corrected chi connectivity index (χ1v) is 9.33. The topological polar surface area (TPSA) is 72.4 Å². The second kappa shape index (κ2) is 10.8. The van der Waals surface area contributed by atoms with Gasteiger partial charge in [-0.3, -0.25) is 4.99 Å². The van der Waals surface area contributed by atoms with Crippen molar-refractivity contribution in [1.29, 1.82) is 0 Å². The maximum absolute atomic E-state index is 10.4. The molecule has 1 heterocycles. The van der Waals surface area contributed by atoms with Crippen LogP contribution in [0.2, 0.25) is 0 Å². The van der Waals surface area contributed by atoms with Crippen molar-refractivity contribution in [1.82, 2.24) is 15.6 Å². The van der Waals surface area contributed by atoms with Crippen molar-refractivity contribution in [2.24, 2.45) is 4.99 Å². The predicted molar refractivity (Wildman–Crippen MR) is 122 cm³/mol. The standard InChI is InChI=1S/C20H32N4O.HI/c1-5-20(25,6-2)14-23-19(21-7-3)22-13-12-16-15(4)24-18-11-9-8-10-17(16)18;/h8-11,24-25H,5-7,12-14H2,1-4H3,(H2,21,22,23);1H. The Bertz CT molecular complexity index is 707. The maximum Gasteiger partial charge on any atom is 0.191 e. The van der Waals surface area contributed by atoms with E-state index in [1.165, 1.54) is 22.2 Å². The van der Waals surface area contributed by atoms with Gasteiger partial charge in [0.2, 0.25) is 0 Å². The van der Waals surface area contributed by atoms with Gasteiger partial charge in [0.25, 0.3) is 0 Å². The first-order valence-electron chi connectivity index (χ1n) is 9.33. The van der Waals surface area contributed by atoms with Gasteiger partial charge in [0.15, 0.2) is 5.96 Å². The molecule has 0 saturated heterocycles. The Morgan fingerprint density at radius 2 is 1.85 bits per heavy atom. The number of fused-ring (bicyclic) bond motifs is 1. The van der Waals surface area contributed by atoms with Gasteiger partial charge in [0.05, 0.1) is 12.1 Å².